The van der Waals surface area contributed by atoms with Crippen molar-refractivity contribution in [1.29, 1.82) is 0 Å². The minimum atomic E-state index is -0.389. The van der Waals surface area contributed by atoms with Gasteiger partial charge in [0, 0.05) is 13.1 Å². The molecule has 3 atom stereocenters. The molecule has 0 spiro atoms. The van der Waals surface area contributed by atoms with Gasteiger partial charge in [-0.05, 0) is 44.4 Å². The molecule has 2 amide bonds. The zero-order chi connectivity index (χ0) is 19.4. The summed E-state index contributed by atoms with van der Waals surface area (Å²) in [6, 6.07) is 15.6. The molecule has 0 unspecified atom stereocenters. The highest BCUT2D eigenvalue weighted by molar-refractivity contribution is 6.24. The van der Waals surface area contributed by atoms with Crippen molar-refractivity contribution in [2.24, 2.45) is 5.92 Å². The summed E-state index contributed by atoms with van der Waals surface area (Å²) in [5.74, 6) is -0.506. The van der Waals surface area contributed by atoms with Gasteiger partial charge in [0.15, 0.2) is 0 Å². The van der Waals surface area contributed by atoms with Gasteiger partial charge in [-0.1, -0.05) is 47.5 Å². The lowest BCUT2D eigenvalue weighted by Crippen LogP contribution is -2.50. The van der Waals surface area contributed by atoms with Crippen LogP contribution in [0.3, 0.4) is 0 Å². The maximum absolute atomic E-state index is 13.5. The molecule has 5 nitrogen and oxygen atoms in total. The number of benzene rings is 2. The fourth-order valence-electron chi connectivity index (χ4n) is 4.98. The number of carbonyl (C=O) groups is 2. The third kappa shape index (κ3) is 2.54. The lowest BCUT2D eigenvalue weighted by molar-refractivity contribution is -0.130. The molecular formula is C23H25N3O2. The van der Waals surface area contributed by atoms with E-state index in [0.717, 1.165) is 37.1 Å². The number of hydrogen-bond acceptors (Lipinski definition) is 4. The molecule has 5 rings (SSSR count). The largest absolute Gasteiger partial charge is 0.274 e. The molecule has 0 radical (unpaired) electrons. The smallest absolute Gasteiger partial charge is 0.253 e. The number of rotatable bonds is 2. The van der Waals surface area contributed by atoms with Crippen molar-refractivity contribution in [2.45, 2.75) is 38.8 Å². The molecule has 0 bridgehead atoms. The first kappa shape index (κ1) is 17.6. The van der Waals surface area contributed by atoms with Crippen LogP contribution in [0.1, 0.15) is 35.6 Å². The Bertz CT molecular complexity index is 922. The van der Waals surface area contributed by atoms with Crippen molar-refractivity contribution >= 4 is 17.5 Å². The zero-order valence-corrected chi connectivity index (χ0v) is 16.3. The summed E-state index contributed by atoms with van der Waals surface area (Å²) in [6.07, 6.45) is 2.16. The molecule has 0 aromatic heterocycles. The van der Waals surface area contributed by atoms with Crippen LogP contribution in [0, 0.1) is 19.8 Å². The van der Waals surface area contributed by atoms with Crippen molar-refractivity contribution in [3.8, 4) is 0 Å². The number of imide groups is 1. The number of hydrazine groups is 1. The normalized spacial score (nSPS) is 27.9. The lowest BCUT2D eigenvalue weighted by atomic mass is 9.90. The molecule has 0 saturated carbocycles. The zero-order valence-electron chi connectivity index (χ0n) is 16.3. The molecular weight excluding hydrogens is 350 g/mol. The molecule has 2 aromatic rings. The molecule has 2 aromatic carbocycles. The molecule has 3 fully saturated rings. The topological polar surface area (TPSA) is 43.9 Å². The van der Waals surface area contributed by atoms with E-state index in [1.165, 1.54) is 10.5 Å². The molecule has 3 saturated heterocycles. The number of hydrogen-bond donors (Lipinski definition) is 0. The van der Waals surface area contributed by atoms with Gasteiger partial charge in [-0.3, -0.25) is 9.59 Å². The fourth-order valence-corrected chi connectivity index (χ4v) is 4.98. The Morgan fingerprint density at radius 1 is 0.714 bits per heavy atom. The quantitative estimate of drug-likeness (QED) is 0.756. The number of fused-ring (bicyclic) bond motifs is 3. The van der Waals surface area contributed by atoms with Gasteiger partial charge in [0.05, 0.1) is 17.6 Å². The SMILES string of the molecule is Cc1ccc([C@@H]2[C@@H]3C(=O)N(c4ccc(C)cc4)C(=O)[C@@H]3N3CCCCN23)cc1. The van der Waals surface area contributed by atoms with Crippen LogP contribution in [0.25, 0.3) is 0 Å². The summed E-state index contributed by atoms with van der Waals surface area (Å²) in [4.78, 5) is 28.4. The molecule has 0 aliphatic carbocycles. The standard InChI is InChI=1S/C23H25N3O2/c1-15-5-9-17(10-6-15)20-19-21(25-14-4-3-13-24(20)25)23(28)26(22(19)27)18-11-7-16(2)8-12-18/h5-12,19-21H,3-4,13-14H2,1-2H3/t19-,20+,21+/m0/s1. The van der Waals surface area contributed by atoms with Crippen LogP contribution in [0.4, 0.5) is 5.69 Å². The average molecular weight is 375 g/mol. The van der Waals surface area contributed by atoms with E-state index >= 15 is 0 Å². The van der Waals surface area contributed by atoms with Gasteiger partial charge >= 0.3 is 0 Å². The van der Waals surface area contributed by atoms with Gasteiger partial charge in [-0.15, -0.1) is 0 Å². The summed E-state index contributed by atoms with van der Waals surface area (Å²) < 4.78 is 0. The molecule has 0 N–H and O–H groups in total. The minimum absolute atomic E-state index is 0.0705. The van der Waals surface area contributed by atoms with E-state index in [-0.39, 0.29) is 29.8 Å². The third-order valence-electron chi connectivity index (χ3n) is 6.37. The lowest BCUT2D eigenvalue weighted by Gasteiger charge is -2.38. The Hall–Kier alpha value is -2.50. The number of aryl methyl sites for hydroxylation is 2. The van der Waals surface area contributed by atoms with E-state index in [0.29, 0.717) is 5.69 Å². The number of carbonyl (C=O) groups excluding carboxylic acids is 2. The van der Waals surface area contributed by atoms with Gasteiger partial charge in [0.1, 0.15) is 6.04 Å². The summed E-state index contributed by atoms with van der Waals surface area (Å²) in [5, 5.41) is 4.46. The van der Waals surface area contributed by atoms with Crippen molar-refractivity contribution < 1.29 is 9.59 Å². The minimum Gasteiger partial charge on any atom is -0.274 e. The maximum Gasteiger partial charge on any atom is 0.253 e. The molecule has 3 aliphatic rings. The number of nitrogens with zero attached hydrogens (tertiary/aromatic N) is 3. The van der Waals surface area contributed by atoms with Crippen molar-refractivity contribution in [3.05, 3.63) is 65.2 Å². The van der Waals surface area contributed by atoms with Crippen LogP contribution in [-0.2, 0) is 9.59 Å². The van der Waals surface area contributed by atoms with Gasteiger partial charge in [0.25, 0.3) is 5.91 Å². The third-order valence-corrected chi connectivity index (χ3v) is 6.37. The van der Waals surface area contributed by atoms with E-state index in [2.05, 4.69) is 41.2 Å². The molecule has 3 heterocycles. The van der Waals surface area contributed by atoms with E-state index < -0.39 is 0 Å². The predicted octanol–water partition coefficient (Wildman–Crippen LogP) is 3.23. The van der Waals surface area contributed by atoms with Crippen molar-refractivity contribution in [2.75, 3.05) is 18.0 Å². The summed E-state index contributed by atoms with van der Waals surface area (Å²) >= 11 is 0. The van der Waals surface area contributed by atoms with Crippen LogP contribution >= 0.6 is 0 Å². The van der Waals surface area contributed by atoms with E-state index in [1.807, 2.05) is 31.2 Å². The average Bonchev–Trinajstić information content (AvgIpc) is 3.17. The first-order valence-electron chi connectivity index (χ1n) is 10.1. The highest BCUT2D eigenvalue weighted by atomic mass is 16.2. The Balaban J connectivity index is 1.58. The van der Waals surface area contributed by atoms with E-state index in [4.69, 9.17) is 0 Å². The van der Waals surface area contributed by atoms with Crippen LogP contribution in [0.5, 0.6) is 0 Å². The second-order valence-electron chi connectivity index (χ2n) is 8.21. The van der Waals surface area contributed by atoms with Gasteiger partial charge in [-0.25, -0.2) is 14.9 Å². The Morgan fingerprint density at radius 2 is 1.25 bits per heavy atom. The number of amides is 2. The van der Waals surface area contributed by atoms with Gasteiger partial charge in [-0.2, -0.15) is 0 Å². The Morgan fingerprint density at radius 3 is 1.86 bits per heavy atom. The second kappa shape index (κ2) is 6.54. The Labute approximate surface area is 165 Å². The first-order valence-corrected chi connectivity index (χ1v) is 10.1. The highest BCUT2D eigenvalue weighted by Gasteiger charge is 2.62. The maximum atomic E-state index is 13.5. The van der Waals surface area contributed by atoms with E-state index in [9.17, 15) is 9.59 Å². The van der Waals surface area contributed by atoms with Crippen LogP contribution in [0.2, 0.25) is 0 Å². The summed E-state index contributed by atoms with van der Waals surface area (Å²) in [5.41, 5.74) is 4.12. The Kier molecular flexibility index (Phi) is 4.11. The first-order chi connectivity index (χ1) is 13.6. The number of anilines is 1. The molecule has 3 aliphatic heterocycles. The summed E-state index contributed by atoms with van der Waals surface area (Å²) in [6.45, 7) is 5.81. The van der Waals surface area contributed by atoms with Crippen LogP contribution < -0.4 is 4.90 Å². The van der Waals surface area contributed by atoms with Gasteiger partial charge < -0.3 is 0 Å². The fraction of sp³-hybridized carbons (Fsp3) is 0.391. The van der Waals surface area contributed by atoms with Crippen molar-refractivity contribution in [3.63, 3.8) is 0 Å². The molecule has 5 heteroatoms. The van der Waals surface area contributed by atoms with Crippen LogP contribution in [-0.4, -0.2) is 41.0 Å². The second-order valence-corrected chi connectivity index (χ2v) is 8.21. The highest BCUT2D eigenvalue weighted by Crippen LogP contribution is 2.48. The van der Waals surface area contributed by atoms with Crippen molar-refractivity contribution in [1.82, 2.24) is 10.0 Å². The van der Waals surface area contributed by atoms with Crippen LogP contribution in [0.15, 0.2) is 48.5 Å². The van der Waals surface area contributed by atoms with E-state index in [1.54, 1.807) is 0 Å². The monoisotopic (exact) mass is 375 g/mol. The molecule has 28 heavy (non-hydrogen) atoms. The molecule has 144 valence electrons. The predicted molar refractivity (Wildman–Crippen MR) is 108 cm³/mol. The summed E-state index contributed by atoms with van der Waals surface area (Å²) in [7, 11) is 0. The van der Waals surface area contributed by atoms with Gasteiger partial charge in [0.2, 0.25) is 5.91 Å².